The van der Waals surface area contributed by atoms with Crippen LogP contribution in [0.4, 0.5) is 0 Å². The zero-order chi connectivity index (χ0) is 12.7. The second-order valence-corrected chi connectivity index (χ2v) is 4.73. The molecule has 1 aromatic carbocycles. The molecule has 18 heavy (non-hydrogen) atoms. The van der Waals surface area contributed by atoms with Gasteiger partial charge in [-0.05, 0) is 38.0 Å². The highest BCUT2D eigenvalue weighted by Crippen LogP contribution is 2.27. The third kappa shape index (κ3) is 1.68. The molecule has 3 aromatic rings. The van der Waals surface area contributed by atoms with Crippen molar-refractivity contribution < 1.29 is 0 Å². The second kappa shape index (κ2) is 3.95. The summed E-state index contributed by atoms with van der Waals surface area (Å²) >= 11 is 0. The van der Waals surface area contributed by atoms with E-state index in [1.807, 2.05) is 22.9 Å². The third-order valence-electron chi connectivity index (χ3n) is 3.17. The minimum absolute atomic E-state index is 0.742. The Morgan fingerprint density at radius 1 is 1.06 bits per heavy atom. The third-order valence-corrected chi connectivity index (χ3v) is 3.17. The number of rotatable bonds is 1. The van der Waals surface area contributed by atoms with Crippen molar-refractivity contribution in [1.82, 2.24) is 14.4 Å². The Hall–Kier alpha value is -2.16. The van der Waals surface area contributed by atoms with Crippen LogP contribution in [0.25, 0.3) is 17.0 Å². The van der Waals surface area contributed by atoms with Crippen LogP contribution >= 0.6 is 0 Å². The topological polar surface area (TPSA) is 30.2 Å². The Kier molecular flexibility index (Phi) is 2.40. The molecule has 3 nitrogen and oxygen atoms in total. The van der Waals surface area contributed by atoms with Gasteiger partial charge in [0.15, 0.2) is 0 Å². The van der Waals surface area contributed by atoms with Crippen molar-refractivity contribution in [2.45, 2.75) is 20.8 Å². The second-order valence-electron chi connectivity index (χ2n) is 4.73. The minimum Gasteiger partial charge on any atom is -0.291 e. The van der Waals surface area contributed by atoms with Crippen LogP contribution in [0.2, 0.25) is 0 Å². The van der Waals surface area contributed by atoms with Gasteiger partial charge in [-0.25, -0.2) is 9.97 Å². The maximum atomic E-state index is 4.59. The highest BCUT2D eigenvalue weighted by atomic mass is 15.1. The van der Waals surface area contributed by atoms with Crippen molar-refractivity contribution in [3.63, 3.8) is 0 Å². The van der Waals surface area contributed by atoms with Crippen LogP contribution in [0.5, 0.6) is 0 Å². The lowest BCUT2D eigenvalue weighted by Gasteiger charge is -2.08. The molecule has 0 amide bonds. The number of aromatic nitrogens is 3. The van der Waals surface area contributed by atoms with E-state index in [2.05, 4.69) is 42.9 Å². The summed E-state index contributed by atoms with van der Waals surface area (Å²) in [5.41, 5.74) is 6.01. The Morgan fingerprint density at radius 2 is 1.78 bits per heavy atom. The van der Waals surface area contributed by atoms with Gasteiger partial charge in [-0.1, -0.05) is 17.7 Å². The molecule has 3 heteroatoms. The van der Waals surface area contributed by atoms with Gasteiger partial charge in [0, 0.05) is 24.2 Å². The van der Waals surface area contributed by atoms with Crippen LogP contribution in [-0.2, 0) is 0 Å². The van der Waals surface area contributed by atoms with Gasteiger partial charge in [0.25, 0.3) is 0 Å². The zero-order valence-corrected chi connectivity index (χ0v) is 10.8. The SMILES string of the molecule is Cc1cc(C)c(-c2cn3cccnc3n2)c(C)c1. The molecule has 0 aliphatic carbocycles. The highest BCUT2D eigenvalue weighted by Gasteiger charge is 2.10. The summed E-state index contributed by atoms with van der Waals surface area (Å²) in [6, 6.07) is 6.30. The Morgan fingerprint density at radius 3 is 2.44 bits per heavy atom. The van der Waals surface area contributed by atoms with Gasteiger partial charge in [0.05, 0.1) is 5.69 Å². The molecule has 0 bridgehead atoms. The fourth-order valence-corrected chi connectivity index (χ4v) is 2.53. The van der Waals surface area contributed by atoms with Gasteiger partial charge < -0.3 is 0 Å². The Bertz CT molecular complexity index is 669. The van der Waals surface area contributed by atoms with Crippen LogP contribution < -0.4 is 0 Å². The number of aryl methyl sites for hydroxylation is 3. The highest BCUT2D eigenvalue weighted by molar-refractivity contribution is 5.69. The van der Waals surface area contributed by atoms with Gasteiger partial charge in [0.2, 0.25) is 5.78 Å². The van der Waals surface area contributed by atoms with Gasteiger partial charge in [-0.2, -0.15) is 0 Å². The van der Waals surface area contributed by atoms with Crippen LogP contribution in [0.3, 0.4) is 0 Å². The number of hydrogen-bond donors (Lipinski definition) is 0. The lowest BCUT2D eigenvalue weighted by atomic mass is 9.98. The minimum atomic E-state index is 0.742. The molecule has 3 rings (SSSR count). The lowest BCUT2D eigenvalue weighted by molar-refractivity contribution is 1.11. The number of imidazole rings is 1. The predicted molar refractivity (Wildman–Crippen MR) is 72.6 cm³/mol. The number of fused-ring (bicyclic) bond motifs is 1. The van der Waals surface area contributed by atoms with Gasteiger partial charge >= 0.3 is 0 Å². The molecular formula is C15H15N3. The maximum Gasteiger partial charge on any atom is 0.234 e. The van der Waals surface area contributed by atoms with Crippen molar-refractivity contribution in [3.05, 3.63) is 53.5 Å². The van der Waals surface area contributed by atoms with E-state index in [0.29, 0.717) is 0 Å². The molecule has 2 aromatic heterocycles. The number of hydrogen-bond acceptors (Lipinski definition) is 2. The summed E-state index contributed by atoms with van der Waals surface area (Å²) in [4.78, 5) is 8.84. The normalized spacial score (nSPS) is 11.1. The van der Waals surface area contributed by atoms with Crippen molar-refractivity contribution >= 4 is 5.78 Å². The molecule has 0 aliphatic heterocycles. The Balaban J connectivity index is 2.26. The monoisotopic (exact) mass is 237 g/mol. The molecule has 0 fully saturated rings. The predicted octanol–water partition coefficient (Wildman–Crippen LogP) is 3.32. The van der Waals surface area contributed by atoms with Crippen molar-refractivity contribution in [3.8, 4) is 11.3 Å². The van der Waals surface area contributed by atoms with E-state index in [4.69, 9.17) is 0 Å². The molecule has 90 valence electrons. The molecule has 0 aliphatic rings. The molecule has 0 spiro atoms. The van der Waals surface area contributed by atoms with Crippen molar-refractivity contribution in [2.24, 2.45) is 0 Å². The standard InChI is InChI=1S/C15H15N3/c1-10-7-11(2)14(12(3)8-10)13-9-18-6-4-5-16-15(18)17-13/h4-9H,1-3H3. The fraction of sp³-hybridized carbons (Fsp3) is 0.200. The largest absolute Gasteiger partial charge is 0.291 e. The van der Waals surface area contributed by atoms with Gasteiger partial charge in [-0.15, -0.1) is 0 Å². The number of nitrogens with zero attached hydrogens (tertiary/aromatic N) is 3. The summed E-state index contributed by atoms with van der Waals surface area (Å²) in [7, 11) is 0. The fourth-order valence-electron chi connectivity index (χ4n) is 2.53. The smallest absolute Gasteiger partial charge is 0.234 e. The van der Waals surface area contributed by atoms with Crippen LogP contribution in [0.1, 0.15) is 16.7 Å². The van der Waals surface area contributed by atoms with E-state index in [1.165, 1.54) is 22.3 Å². The average molecular weight is 237 g/mol. The van der Waals surface area contributed by atoms with E-state index in [0.717, 1.165) is 11.5 Å². The van der Waals surface area contributed by atoms with E-state index >= 15 is 0 Å². The summed E-state index contributed by atoms with van der Waals surface area (Å²) in [5.74, 6) is 0.742. The number of benzene rings is 1. The average Bonchev–Trinajstić information content (AvgIpc) is 2.70. The molecule has 0 N–H and O–H groups in total. The lowest BCUT2D eigenvalue weighted by Crippen LogP contribution is -1.90. The summed E-state index contributed by atoms with van der Waals surface area (Å²) in [6.07, 6.45) is 5.77. The van der Waals surface area contributed by atoms with E-state index in [1.54, 1.807) is 6.20 Å². The first-order valence-electron chi connectivity index (χ1n) is 6.03. The summed E-state index contributed by atoms with van der Waals surface area (Å²) in [5, 5.41) is 0. The van der Waals surface area contributed by atoms with E-state index in [9.17, 15) is 0 Å². The molecule has 0 saturated heterocycles. The van der Waals surface area contributed by atoms with E-state index in [-0.39, 0.29) is 0 Å². The summed E-state index contributed by atoms with van der Waals surface area (Å²) < 4.78 is 1.95. The first-order valence-corrected chi connectivity index (χ1v) is 6.03. The van der Waals surface area contributed by atoms with E-state index < -0.39 is 0 Å². The van der Waals surface area contributed by atoms with Crippen LogP contribution in [0.15, 0.2) is 36.8 Å². The molecule has 0 atom stereocenters. The molecule has 0 radical (unpaired) electrons. The molecular weight excluding hydrogens is 222 g/mol. The van der Waals surface area contributed by atoms with Crippen molar-refractivity contribution in [1.29, 1.82) is 0 Å². The molecule has 0 unspecified atom stereocenters. The maximum absolute atomic E-state index is 4.59. The van der Waals surface area contributed by atoms with Gasteiger partial charge in [0.1, 0.15) is 0 Å². The van der Waals surface area contributed by atoms with Gasteiger partial charge in [-0.3, -0.25) is 4.40 Å². The van der Waals surface area contributed by atoms with Crippen molar-refractivity contribution in [2.75, 3.05) is 0 Å². The quantitative estimate of drug-likeness (QED) is 0.650. The van der Waals surface area contributed by atoms with Crippen LogP contribution in [0, 0.1) is 20.8 Å². The first-order chi connectivity index (χ1) is 8.65. The zero-order valence-electron chi connectivity index (χ0n) is 10.8. The Labute approximate surface area is 106 Å². The first kappa shape index (κ1) is 11.0. The molecule has 0 saturated carbocycles. The van der Waals surface area contributed by atoms with Crippen LogP contribution in [-0.4, -0.2) is 14.4 Å². The molecule has 2 heterocycles. The summed E-state index contributed by atoms with van der Waals surface area (Å²) in [6.45, 7) is 6.38.